The first-order chi connectivity index (χ1) is 8.66. The average molecular weight is 254 g/mol. The maximum atomic E-state index is 11.0. The van der Waals surface area contributed by atoms with E-state index in [1.54, 1.807) is 0 Å². The summed E-state index contributed by atoms with van der Waals surface area (Å²) in [5, 5.41) is 0. The molecule has 2 aliphatic heterocycles. The summed E-state index contributed by atoms with van der Waals surface area (Å²) in [6.07, 6.45) is 4.69. The van der Waals surface area contributed by atoms with E-state index in [2.05, 4.69) is 9.89 Å². The van der Waals surface area contributed by atoms with Gasteiger partial charge in [0.2, 0.25) is 5.91 Å². The van der Waals surface area contributed by atoms with Crippen LogP contribution in [0.5, 0.6) is 0 Å². The van der Waals surface area contributed by atoms with Crippen molar-refractivity contribution in [3.05, 3.63) is 0 Å². The molecule has 0 aromatic heterocycles. The van der Waals surface area contributed by atoms with Crippen molar-refractivity contribution < 1.29 is 9.53 Å². The summed E-state index contributed by atoms with van der Waals surface area (Å²) in [7, 11) is 0. The van der Waals surface area contributed by atoms with E-state index in [4.69, 9.17) is 16.2 Å². The molecule has 102 valence electrons. The average Bonchev–Trinajstić information content (AvgIpc) is 2.86. The number of ether oxygens (including phenoxy) is 1. The molecule has 0 radical (unpaired) electrons. The Kier molecular flexibility index (Phi) is 4.41. The quantitative estimate of drug-likeness (QED) is 0.539. The Hall–Kier alpha value is -1.30. The summed E-state index contributed by atoms with van der Waals surface area (Å²) in [5.74, 6) is 0.214. The number of hydrogen-bond acceptors (Lipinski definition) is 3. The van der Waals surface area contributed by atoms with Crippen LogP contribution in [0.2, 0.25) is 0 Å². The van der Waals surface area contributed by atoms with E-state index in [-0.39, 0.29) is 12.0 Å². The van der Waals surface area contributed by atoms with Gasteiger partial charge in [0.1, 0.15) is 6.10 Å². The summed E-state index contributed by atoms with van der Waals surface area (Å²) < 4.78 is 5.50. The maximum absolute atomic E-state index is 11.0. The fourth-order valence-electron chi connectivity index (χ4n) is 2.47. The number of nitrogens with two attached hydrogens (primary N) is 2. The number of likely N-dealkylation sites (tertiary alicyclic amines) is 1. The van der Waals surface area contributed by atoms with Gasteiger partial charge in [0, 0.05) is 13.1 Å². The normalized spacial score (nSPS) is 29.6. The number of nitrogens with zero attached hydrogens (tertiary/aromatic N) is 2. The number of piperidine rings is 1. The number of carbonyl (C=O) groups excluding carboxylic acids is 1. The first-order valence-electron chi connectivity index (χ1n) is 6.66. The molecule has 4 N–H and O–H groups in total. The first-order valence-corrected chi connectivity index (χ1v) is 6.66. The SMILES string of the molecule is NC(=O)C1CCC(CN=C(N)N2CCCCC2)O1. The third-order valence-electron chi connectivity index (χ3n) is 3.56. The van der Waals surface area contributed by atoms with Crippen LogP contribution in [-0.2, 0) is 9.53 Å². The molecule has 2 saturated heterocycles. The van der Waals surface area contributed by atoms with Gasteiger partial charge in [0.15, 0.2) is 5.96 Å². The van der Waals surface area contributed by atoms with E-state index in [1.807, 2.05) is 0 Å². The van der Waals surface area contributed by atoms with E-state index < -0.39 is 6.10 Å². The van der Waals surface area contributed by atoms with Crippen molar-refractivity contribution in [2.24, 2.45) is 16.5 Å². The van der Waals surface area contributed by atoms with E-state index in [9.17, 15) is 4.79 Å². The van der Waals surface area contributed by atoms with Crippen LogP contribution in [0, 0.1) is 0 Å². The molecule has 1 amide bonds. The summed E-state index contributed by atoms with van der Waals surface area (Å²) >= 11 is 0. The van der Waals surface area contributed by atoms with Crippen LogP contribution in [0.25, 0.3) is 0 Å². The van der Waals surface area contributed by atoms with Crippen LogP contribution in [0.3, 0.4) is 0 Å². The van der Waals surface area contributed by atoms with Crippen molar-refractivity contribution in [1.82, 2.24) is 4.90 Å². The van der Waals surface area contributed by atoms with Gasteiger partial charge in [-0.3, -0.25) is 9.79 Å². The Morgan fingerprint density at radius 2 is 1.94 bits per heavy atom. The molecule has 2 rings (SSSR count). The van der Waals surface area contributed by atoms with Crippen molar-refractivity contribution in [2.75, 3.05) is 19.6 Å². The lowest BCUT2D eigenvalue weighted by Gasteiger charge is -2.27. The zero-order valence-corrected chi connectivity index (χ0v) is 10.7. The molecule has 0 spiro atoms. The van der Waals surface area contributed by atoms with Crippen LogP contribution in [0.1, 0.15) is 32.1 Å². The second kappa shape index (κ2) is 6.04. The number of aliphatic imine (C=N–C) groups is 1. The van der Waals surface area contributed by atoms with Crippen molar-refractivity contribution in [1.29, 1.82) is 0 Å². The number of carbonyl (C=O) groups is 1. The highest BCUT2D eigenvalue weighted by Gasteiger charge is 2.28. The van der Waals surface area contributed by atoms with Gasteiger partial charge in [-0.05, 0) is 32.1 Å². The molecule has 2 unspecified atom stereocenters. The lowest BCUT2D eigenvalue weighted by Crippen LogP contribution is -2.41. The molecule has 2 heterocycles. The van der Waals surface area contributed by atoms with Gasteiger partial charge in [-0.1, -0.05) is 0 Å². The predicted octanol–water partition coefficient (Wildman–Crippen LogP) is -0.180. The predicted molar refractivity (Wildman–Crippen MR) is 69.0 cm³/mol. The summed E-state index contributed by atoms with van der Waals surface area (Å²) in [4.78, 5) is 17.4. The molecule has 2 aliphatic rings. The highest BCUT2D eigenvalue weighted by molar-refractivity contribution is 5.79. The van der Waals surface area contributed by atoms with Gasteiger partial charge in [-0.15, -0.1) is 0 Å². The monoisotopic (exact) mass is 254 g/mol. The molecule has 18 heavy (non-hydrogen) atoms. The molecule has 6 heteroatoms. The molecule has 0 aromatic carbocycles. The molecule has 2 atom stereocenters. The van der Waals surface area contributed by atoms with Crippen LogP contribution >= 0.6 is 0 Å². The van der Waals surface area contributed by atoms with Gasteiger partial charge < -0.3 is 21.1 Å². The molecule has 0 bridgehead atoms. The second-order valence-corrected chi connectivity index (χ2v) is 4.97. The highest BCUT2D eigenvalue weighted by atomic mass is 16.5. The lowest BCUT2D eigenvalue weighted by molar-refractivity contribution is -0.128. The number of primary amides is 1. The molecule has 6 nitrogen and oxygen atoms in total. The topological polar surface area (TPSA) is 93.9 Å². The van der Waals surface area contributed by atoms with Crippen LogP contribution in [0.4, 0.5) is 0 Å². The van der Waals surface area contributed by atoms with E-state index in [0.29, 0.717) is 18.9 Å². The minimum absolute atomic E-state index is 0.0224. The van der Waals surface area contributed by atoms with E-state index in [0.717, 1.165) is 19.5 Å². The van der Waals surface area contributed by atoms with E-state index >= 15 is 0 Å². The van der Waals surface area contributed by atoms with Crippen LogP contribution < -0.4 is 11.5 Å². The van der Waals surface area contributed by atoms with Crippen molar-refractivity contribution in [2.45, 2.75) is 44.3 Å². The molecule has 0 aromatic rings. The Balaban J connectivity index is 1.78. The van der Waals surface area contributed by atoms with Crippen LogP contribution in [-0.4, -0.2) is 48.6 Å². The Morgan fingerprint density at radius 1 is 1.22 bits per heavy atom. The van der Waals surface area contributed by atoms with Crippen molar-refractivity contribution in [3.63, 3.8) is 0 Å². The first kappa shape index (κ1) is 13.1. The van der Waals surface area contributed by atoms with Gasteiger partial charge >= 0.3 is 0 Å². The summed E-state index contributed by atoms with van der Waals surface area (Å²) in [6.45, 7) is 2.50. The summed E-state index contributed by atoms with van der Waals surface area (Å²) in [5.41, 5.74) is 11.1. The zero-order chi connectivity index (χ0) is 13.0. The minimum atomic E-state index is -0.443. The van der Waals surface area contributed by atoms with Gasteiger partial charge in [0.25, 0.3) is 0 Å². The minimum Gasteiger partial charge on any atom is -0.370 e. The fourth-order valence-corrected chi connectivity index (χ4v) is 2.47. The number of amides is 1. The largest absolute Gasteiger partial charge is 0.370 e. The van der Waals surface area contributed by atoms with Crippen LogP contribution in [0.15, 0.2) is 4.99 Å². The Labute approximate surface area is 107 Å². The number of guanidine groups is 1. The fraction of sp³-hybridized carbons (Fsp3) is 0.833. The number of rotatable bonds is 3. The maximum Gasteiger partial charge on any atom is 0.246 e. The van der Waals surface area contributed by atoms with Gasteiger partial charge in [-0.2, -0.15) is 0 Å². The van der Waals surface area contributed by atoms with Crippen molar-refractivity contribution in [3.8, 4) is 0 Å². The van der Waals surface area contributed by atoms with E-state index in [1.165, 1.54) is 19.3 Å². The standard InChI is InChI=1S/C12H22N4O2/c13-11(17)10-5-4-9(18-10)8-15-12(14)16-6-2-1-3-7-16/h9-10H,1-8H2,(H2,13,17)(H2,14,15). The van der Waals surface area contributed by atoms with Gasteiger partial charge in [-0.25, -0.2) is 0 Å². The molecule has 2 fully saturated rings. The molecule has 0 saturated carbocycles. The second-order valence-electron chi connectivity index (χ2n) is 4.97. The zero-order valence-electron chi connectivity index (χ0n) is 10.7. The highest BCUT2D eigenvalue weighted by Crippen LogP contribution is 2.19. The third kappa shape index (κ3) is 3.35. The Morgan fingerprint density at radius 3 is 2.56 bits per heavy atom. The Bertz CT molecular complexity index is 326. The summed E-state index contributed by atoms with van der Waals surface area (Å²) in [6, 6.07) is 0. The molecular weight excluding hydrogens is 232 g/mol. The molecular formula is C12H22N4O2. The molecule has 0 aliphatic carbocycles. The number of hydrogen-bond donors (Lipinski definition) is 2. The lowest BCUT2D eigenvalue weighted by atomic mass is 10.1. The van der Waals surface area contributed by atoms with Gasteiger partial charge in [0.05, 0.1) is 12.6 Å². The third-order valence-corrected chi connectivity index (χ3v) is 3.56. The van der Waals surface area contributed by atoms with Crippen molar-refractivity contribution >= 4 is 11.9 Å². The smallest absolute Gasteiger partial charge is 0.246 e.